The average Bonchev–Trinajstić information content (AvgIpc) is 2.21. The number of aliphatic carboxylic acids is 1. The summed E-state index contributed by atoms with van der Waals surface area (Å²) >= 11 is 5.92. The molecule has 0 radical (unpaired) electrons. The molecule has 0 fully saturated rings. The summed E-state index contributed by atoms with van der Waals surface area (Å²) in [4.78, 5) is 10.4. The lowest BCUT2D eigenvalue weighted by Crippen LogP contribution is -2.13. The Morgan fingerprint density at radius 2 is 2.19 bits per heavy atom. The summed E-state index contributed by atoms with van der Waals surface area (Å²) in [5.41, 5.74) is 6.90. The van der Waals surface area contributed by atoms with Gasteiger partial charge in [0.1, 0.15) is 5.75 Å². The molecule has 1 unspecified atom stereocenters. The fourth-order valence-electron chi connectivity index (χ4n) is 1.47. The van der Waals surface area contributed by atoms with E-state index in [9.17, 15) is 9.90 Å². The Morgan fingerprint density at radius 1 is 1.56 bits per heavy atom. The molecule has 5 heteroatoms. The highest BCUT2D eigenvalue weighted by Gasteiger charge is 2.17. The molecule has 4 N–H and O–H groups in total. The number of halogens is 1. The van der Waals surface area contributed by atoms with Crippen molar-refractivity contribution >= 4 is 17.6 Å². The van der Waals surface area contributed by atoms with Crippen LogP contribution in [0.4, 0.5) is 0 Å². The molecule has 0 spiro atoms. The molecule has 0 heterocycles. The molecule has 1 rings (SSSR count). The first-order chi connectivity index (χ1) is 7.43. The van der Waals surface area contributed by atoms with Crippen molar-refractivity contribution < 1.29 is 15.0 Å². The number of carboxylic acids is 1. The number of carboxylic acid groups (broad SMARTS) is 1. The molecule has 0 aromatic heterocycles. The zero-order chi connectivity index (χ0) is 12.3. The van der Waals surface area contributed by atoms with Gasteiger partial charge in [-0.25, -0.2) is 0 Å². The van der Waals surface area contributed by atoms with E-state index >= 15 is 0 Å². The maximum atomic E-state index is 10.4. The first kappa shape index (κ1) is 12.8. The molecule has 0 bridgehead atoms. The molecule has 88 valence electrons. The van der Waals surface area contributed by atoms with Crippen molar-refractivity contribution in [3.05, 3.63) is 28.3 Å². The van der Waals surface area contributed by atoms with Crippen LogP contribution in [0.5, 0.6) is 5.75 Å². The van der Waals surface area contributed by atoms with E-state index in [-0.39, 0.29) is 18.6 Å². The number of benzene rings is 1. The molecule has 0 amide bonds. The van der Waals surface area contributed by atoms with E-state index < -0.39 is 12.0 Å². The SMILES string of the molecule is Cc1ccc(Cl)c(C(N)CCC(=O)O)c1O. The molecule has 1 aromatic carbocycles. The van der Waals surface area contributed by atoms with E-state index in [1.807, 2.05) is 0 Å². The van der Waals surface area contributed by atoms with Gasteiger partial charge in [-0.15, -0.1) is 0 Å². The monoisotopic (exact) mass is 243 g/mol. The third kappa shape index (κ3) is 2.87. The fraction of sp³-hybridized carbons (Fsp3) is 0.364. The van der Waals surface area contributed by atoms with Gasteiger partial charge >= 0.3 is 5.97 Å². The summed E-state index contributed by atoms with van der Waals surface area (Å²) in [7, 11) is 0. The van der Waals surface area contributed by atoms with Crippen LogP contribution in [-0.4, -0.2) is 16.2 Å². The Balaban J connectivity index is 2.94. The van der Waals surface area contributed by atoms with Crippen LogP contribution < -0.4 is 5.73 Å². The van der Waals surface area contributed by atoms with Crippen LogP contribution in [0.3, 0.4) is 0 Å². The number of phenolic OH excluding ortho intramolecular Hbond substituents is 1. The number of hydrogen-bond acceptors (Lipinski definition) is 3. The summed E-state index contributed by atoms with van der Waals surface area (Å²) < 4.78 is 0. The fourth-order valence-corrected chi connectivity index (χ4v) is 1.76. The Morgan fingerprint density at radius 3 is 2.75 bits per heavy atom. The summed E-state index contributed by atoms with van der Waals surface area (Å²) in [6.07, 6.45) is 0.191. The molecule has 1 atom stereocenters. The van der Waals surface area contributed by atoms with Crippen LogP contribution in [0, 0.1) is 6.92 Å². The summed E-state index contributed by atoms with van der Waals surface area (Å²) in [5, 5.41) is 18.7. The first-order valence-electron chi connectivity index (χ1n) is 4.88. The molecule has 1 aromatic rings. The minimum atomic E-state index is -0.918. The van der Waals surface area contributed by atoms with Crippen molar-refractivity contribution in [3.8, 4) is 5.75 Å². The van der Waals surface area contributed by atoms with Crippen molar-refractivity contribution in [1.29, 1.82) is 0 Å². The van der Waals surface area contributed by atoms with E-state index in [2.05, 4.69) is 0 Å². The third-order valence-corrected chi connectivity index (χ3v) is 2.74. The van der Waals surface area contributed by atoms with Crippen LogP contribution in [0.25, 0.3) is 0 Å². The Labute approximate surface area is 98.6 Å². The average molecular weight is 244 g/mol. The van der Waals surface area contributed by atoms with Crippen molar-refractivity contribution in [2.75, 3.05) is 0 Å². The van der Waals surface area contributed by atoms with E-state index in [0.717, 1.165) is 0 Å². The van der Waals surface area contributed by atoms with Gasteiger partial charge in [0.25, 0.3) is 0 Å². The Kier molecular flexibility index (Phi) is 4.15. The van der Waals surface area contributed by atoms with Crippen molar-refractivity contribution in [2.24, 2.45) is 5.73 Å². The minimum Gasteiger partial charge on any atom is -0.507 e. The number of nitrogens with two attached hydrogens (primary N) is 1. The molecule has 0 aliphatic heterocycles. The maximum absolute atomic E-state index is 10.4. The number of hydrogen-bond donors (Lipinski definition) is 3. The van der Waals surface area contributed by atoms with Crippen LogP contribution in [-0.2, 0) is 4.79 Å². The van der Waals surface area contributed by atoms with E-state index in [1.165, 1.54) is 0 Å². The highest BCUT2D eigenvalue weighted by atomic mass is 35.5. The summed E-state index contributed by atoms with van der Waals surface area (Å²) in [5.74, 6) is -0.871. The highest BCUT2D eigenvalue weighted by molar-refractivity contribution is 6.31. The number of carbonyl (C=O) groups is 1. The minimum absolute atomic E-state index is 0.0467. The van der Waals surface area contributed by atoms with Gasteiger partial charge < -0.3 is 15.9 Å². The zero-order valence-corrected chi connectivity index (χ0v) is 9.66. The summed E-state index contributed by atoms with van der Waals surface area (Å²) in [6, 6.07) is 2.76. The van der Waals surface area contributed by atoms with Gasteiger partial charge in [0.15, 0.2) is 0 Å². The molecule has 0 saturated heterocycles. The maximum Gasteiger partial charge on any atom is 0.303 e. The normalized spacial score (nSPS) is 12.4. The zero-order valence-electron chi connectivity index (χ0n) is 8.90. The molecular formula is C11H14ClNO3. The predicted molar refractivity (Wildman–Crippen MR) is 61.7 cm³/mol. The number of aryl methyl sites for hydroxylation is 1. The second-order valence-corrected chi connectivity index (χ2v) is 4.07. The highest BCUT2D eigenvalue weighted by Crippen LogP contribution is 2.34. The van der Waals surface area contributed by atoms with Gasteiger partial charge in [-0.2, -0.15) is 0 Å². The predicted octanol–water partition coefficient (Wildman–Crippen LogP) is 2.22. The standard InChI is InChI=1S/C11H14ClNO3/c1-6-2-3-7(12)10(11(6)16)8(13)4-5-9(14)15/h2-3,8,16H,4-5,13H2,1H3,(H,14,15). The smallest absolute Gasteiger partial charge is 0.303 e. The van der Waals surface area contributed by atoms with Gasteiger partial charge in [-0.3, -0.25) is 4.79 Å². The van der Waals surface area contributed by atoms with Crippen molar-refractivity contribution in [2.45, 2.75) is 25.8 Å². The first-order valence-corrected chi connectivity index (χ1v) is 5.26. The van der Waals surface area contributed by atoms with Gasteiger partial charge in [-0.05, 0) is 25.0 Å². The molecule has 0 aliphatic carbocycles. The molecule has 16 heavy (non-hydrogen) atoms. The lowest BCUT2D eigenvalue weighted by atomic mass is 9.99. The van der Waals surface area contributed by atoms with Gasteiger partial charge in [0.05, 0.1) is 0 Å². The molecule has 0 saturated carbocycles. The van der Waals surface area contributed by atoms with E-state index in [0.29, 0.717) is 16.1 Å². The van der Waals surface area contributed by atoms with Crippen LogP contribution >= 0.6 is 11.6 Å². The number of rotatable bonds is 4. The van der Waals surface area contributed by atoms with E-state index in [1.54, 1.807) is 19.1 Å². The van der Waals surface area contributed by atoms with Crippen molar-refractivity contribution in [1.82, 2.24) is 0 Å². The van der Waals surface area contributed by atoms with Gasteiger partial charge in [-0.1, -0.05) is 17.7 Å². The quantitative estimate of drug-likeness (QED) is 0.757. The van der Waals surface area contributed by atoms with Gasteiger partial charge in [0.2, 0.25) is 0 Å². The molecule has 0 aliphatic rings. The Bertz CT molecular complexity index is 406. The van der Waals surface area contributed by atoms with Gasteiger partial charge in [0, 0.05) is 23.0 Å². The van der Waals surface area contributed by atoms with Crippen LogP contribution in [0.15, 0.2) is 12.1 Å². The number of phenols is 1. The van der Waals surface area contributed by atoms with E-state index in [4.69, 9.17) is 22.4 Å². The second kappa shape index (κ2) is 5.18. The lowest BCUT2D eigenvalue weighted by Gasteiger charge is -2.15. The van der Waals surface area contributed by atoms with Crippen LogP contribution in [0.2, 0.25) is 5.02 Å². The topological polar surface area (TPSA) is 83.6 Å². The Hall–Kier alpha value is -1.26. The largest absolute Gasteiger partial charge is 0.507 e. The lowest BCUT2D eigenvalue weighted by molar-refractivity contribution is -0.137. The molecular weight excluding hydrogens is 230 g/mol. The summed E-state index contributed by atoms with van der Waals surface area (Å²) in [6.45, 7) is 1.74. The van der Waals surface area contributed by atoms with Crippen LogP contribution in [0.1, 0.15) is 30.0 Å². The molecule has 4 nitrogen and oxygen atoms in total. The second-order valence-electron chi connectivity index (χ2n) is 3.67. The number of aromatic hydroxyl groups is 1. The third-order valence-electron chi connectivity index (χ3n) is 2.41. The van der Waals surface area contributed by atoms with Crippen molar-refractivity contribution in [3.63, 3.8) is 0 Å².